The third-order valence-corrected chi connectivity index (χ3v) is 3.67. The van der Waals surface area contributed by atoms with Crippen LogP contribution in [0.15, 0.2) is 4.99 Å². The highest BCUT2D eigenvalue weighted by Gasteiger charge is 2.20. The van der Waals surface area contributed by atoms with Crippen molar-refractivity contribution in [2.24, 2.45) is 10.9 Å². The van der Waals surface area contributed by atoms with Gasteiger partial charge in [0.2, 0.25) is 5.91 Å². The fourth-order valence-corrected chi connectivity index (χ4v) is 2.71. The molecule has 5 heteroatoms. The van der Waals surface area contributed by atoms with Gasteiger partial charge in [0.05, 0.1) is 6.54 Å². The molecule has 0 saturated carbocycles. The second kappa shape index (κ2) is 6.89. The molecule has 1 amide bonds. The maximum atomic E-state index is 11.4. The van der Waals surface area contributed by atoms with Crippen molar-refractivity contribution in [2.75, 3.05) is 26.4 Å². The Morgan fingerprint density at radius 1 is 1.59 bits per heavy atom. The van der Waals surface area contributed by atoms with Crippen molar-refractivity contribution >= 4 is 22.8 Å². The van der Waals surface area contributed by atoms with Crippen molar-refractivity contribution in [1.82, 2.24) is 10.2 Å². The number of hydrogen-bond acceptors (Lipinski definition) is 3. The maximum Gasteiger partial charge on any atom is 0.223 e. The normalized spacial score (nSPS) is 21.9. The lowest BCUT2D eigenvalue weighted by Crippen LogP contribution is -2.28. The van der Waals surface area contributed by atoms with E-state index < -0.39 is 0 Å². The summed E-state index contributed by atoms with van der Waals surface area (Å²) in [6, 6.07) is 0.545. The van der Waals surface area contributed by atoms with Crippen LogP contribution >= 0.6 is 11.8 Å². The summed E-state index contributed by atoms with van der Waals surface area (Å²) in [7, 11) is 3.55. The van der Waals surface area contributed by atoms with Crippen LogP contribution in [0, 0.1) is 5.92 Å². The minimum Gasteiger partial charge on any atom is -0.361 e. The van der Waals surface area contributed by atoms with Gasteiger partial charge in [-0.3, -0.25) is 9.79 Å². The highest BCUT2D eigenvalue weighted by atomic mass is 32.2. The second-order valence-electron chi connectivity index (χ2n) is 5.01. The first-order valence-corrected chi connectivity index (χ1v) is 7.11. The van der Waals surface area contributed by atoms with Crippen molar-refractivity contribution in [3.63, 3.8) is 0 Å². The van der Waals surface area contributed by atoms with Crippen LogP contribution in [-0.4, -0.2) is 48.4 Å². The highest BCUT2D eigenvalue weighted by molar-refractivity contribution is 8.14. The Balaban J connectivity index is 2.26. The number of carbonyl (C=O) groups is 1. The van der Waals surface area contributed by atoms with Crippen LogP contribution in [0.25, 0.3) is 0 Å². The first-order chi connectivity index (χ1) is 7.99. The van der Waals surface area contributed by atoms with E-state index in [0.717, 1.165) is 10.9 Å². The first-order valence-electron chi connectivity index (χ1n) is 6.13. The maximum absolute atomic E-state index is 11.4. The van der Waals surface area contributed by atoms with E-state index in [2.05, 4.69) is 24.2 Å². The number of amidine groups is 1. The van der Waals surface area contributed by atoms with Crippen LogP contribution in [0.3, 0.4) is 0 Å². The summed E-state index contributed by atoms with van der Waals surface area (Å²) in [5.41, 5.74) is 0. The van der Waals surface area contributed by atoms with Gasteiger partial charge in [-0.1, -0.05) is 25.6 Å². The molecule has 0 spiro atoms. The predicted molar refractivity (Wildman–Crippen MR) is 74.4 cm³/mol. The van der Waals surface area contributed by atoms with Crippen LogP contribution < -0.4 is 5.32 Å². The molecule has 1 rings (SSSR count). The van der Waals surface area contributed by atoms with Gasteiger partial charge in [-0.2, -0.15) is 0 Å². The number of aliphatic imine (C=N–C) groups is 1. The van der Waals surface area contributed by atoms with Gasteiger partial charge in [0, 0.05) is 32.3 Å². The summed E-state index contributed by atoms with van der Waals surface area (Å²) in [5.74, 6) is 1.94. The summed E-state index contributed by atoms with van der Waals surface area (Å²) < 4.78 is 0. The Labute approximate surface area is 108 Å². The third kappa shape index (κ3) is 5.44. The van der Waals surface area contributed by atoms with E-state index in [-0.39, 0.29) is 5.91 Å². The second-order valence-corrected chi connectivity index (χ2v) is 6.02. The summed E-state index contributed by atoms with van der Waals surface area (Å²) in [5, 5.41) is 4.42. The summed E-state index contributed by atoms with van der Waals surface area (Å²) in [4.78, 5) is 17.4. The minimum absolute atomic E-state index is 0.135. The highest BCUT2D eigenvalue weighted by Crippen LogP contribution is 2.18. The van der Waals surface area contributed by atoms with Crippen molar-refractivity contribution in [1.29, 1.82) is 0 Å². The molecule has 0 bridgehead atoms. The van der Waals surface area contributed by atoms with Crippen LogP contribution in [0.1, 0.15) is 26.7 Å². The van der Waals surface area contributed by atoms with E-state index in [1.165, 1.54) is 6.42 Å². The third-order valence-electron chi connectivity index (χ3n) is 2.58. The summed E-state index contributed by atoms with van der Waals surface area (Å²) in [6.07, 6.45) is 1.68. The Bertz CT molecular complexity index is 289. The number of nitrogens with one attached hydrogen (secondary N) is 1. The summed E-state index contributed by atoms with van der Waals surface area (Å²) in [6.45, 7) is 5.05. The van der Waals surface area contributed by atoms with E-state index in [4.69, 9.17) is 0 Å². The molecule has 0 aromatic heterocycles. The van der Waals surface area contributed by atoms with Gasteiger partial charge < -0.3 is 10.2 Å². The average Bonchev–Trinajstić information content (AvgIpc) is 2.64. The monoisotopic (exact) mass is 257 g/mol. The lowest BCUT2D eigenvalue weighted by atomic mass is 10.1. The molecule has 0 aromatic rings. The Morgan fingerprint density at radius 2 is 2.29 bits per heavy atom. The molecular weight excluding hydrogens is 234 g/mol. The topological polar surface area (TPSA) is 44.7 Å². The van der Waals surface area contributed by atoms with E-state index >= 15 is 0 Å². The van der Waals surface area contributed by atoms with Crippen LogP contribution in [0.5, 0.6) is 0 Å². The quantitative estimate of drug-likeness (QED) is 0.813. The first kappa shape index (κ1) is 14.4. The van der Waals surface area contributed by atoms with Gasteiger partial charge in [0.25, 0.3) is 0 Å². The molecule has 0 aromatic carbocycles. The van der Waals surface area contributed by atoms with Crippen LogP contribution in [0.4, 0.5) is 0 Å². The molecule has 1 aliphatic rings. The van der Waals surface area contributed by atoms with E-state index in [9.17, 15) is 4.79 Å². The lowest BCUT2D eigenvalue weighted by Gasteiger charge is -2.12. The van der Waals surface area contributed by atoms with E-state index in [1.54, 1.807) is 30.8 Å². The SMILES string of the molecule is CC(C)CC1CSC(=NCCC(=O)N(C)C)N1. The van der Waals surface area contributed by atoms with E-state index in [1.807, 2.05) is 0 Å². The number of amides is 1. The molecular formula is C12H23N3OS. The van der Waals surface area contributed by atoms with Gasteiger partial charge in [0.15, 0.2) is 5.17 Å². The zero-order valence-electron chi connectivity index (χ0n) is 11.2. The lowest BCUT2D eigenvalue weighted by molar-refractivity contribution is -0.128. The molecule has 1 saturated heterocycles. The Hall–Kier alpha value is -0.710. The fraction of sp³-hybridized carbons (Fsp3) is 0.833. The molecule has 0 radical (unpaired) electrons. The molecule has 17 heavy (non-hydrogen) atoms. The number of carbonyl (C=O) groups excluding carboxylic acids is 1. The number of hydrogen-bond donors (Lipinski definition) is 1. The summed E-state index contributed by atoms with van der Waals surface area (Å²) >= 11 is 1.77. The van der Waals surface area contributed by atoms with Gasteiger partial charge in [-0.05, 0) is 12.3 Å². The standard InChI is InChI=1S/C12H23N3OS/c1-9(2)7-10-8-17-12(14-10)13-6-5-11(16)15(3)4/h9-10H,5-8H2,1-4H3,(H,13,14). The fourth-order valence-electron chi connectivity index (χ4n) is 1.70. The molecule has 98 valence electrons. The van der Waals surface area contributed by atoms with Gasteiger partial charge in [-0.15, -0.1) is 0 Å². The molecule has 1 atom stereocenters. The number of thioether (sulfide) groups is 1. The molecule has 1 unspecified atom stereocenters. The van der Waals surface area contributed by atoms with Gasteiger partial charge >= 0.3 is 0 Å². The Morgan fingerprint density at radius 3 is 2.88 bits per heavy atom. The van der Waals surface area contributed by atoms with Crippen molar-refractivity contribution < 1.29 is 4.79 Å². The Kier molecular flexibility index (Phi) is 5.82. The van der Waals surface area contributed by atoms with Gasteiger partial charge in [-0.25, -0.2) is 0 Å². The molecule has 4 nitrogen and oxygen atoms in total. The van der Waals surface area contributed by atoms with Gasteiger partial charge in [0.1, 0.15) is 0 Å². The number of rotatable bonds is 5. The van der Waals surface area contributed by atoms with E-state index in [0.29, 0.717) is 24.9 Å². The van der Waals surface area contributed by atoms with Crippen molar-refractivity contribution in [3.8, 4) is 0 Å². The minimum atomic E-state index is 0.135. The zero-order valence-corrected chi connectivity index (χ0v) is 12.0. The molecule has 1 N–H and O–H groups in total. The smallest absolute Gasteiger partial charge is 0.223 e. The molecule has 1 heterocycles. The molecule has 0 aliphatic carbocycles. The van der Waals surface area contributed by atoms with Crippen LogP contribution in [0.2, 0.25) is 0 Å². The van der Waals surface area contributed by atoms with Crippen molar-refractivity contribution in [2.45, 2.75) is 32.7 Å². The zero-order chi connectivity index (χ0) is 12.8. The van der Waals surface area contributed by atoms with Crippen LogP contribution in [-0.2, 0) is 4.79 Å². The molecule has 1 fully saturated rings. The molecule has 1 aliphatic heterocycles. The average molecular weight is 257 g/mol. The largest absolute Gasteiger partial charge is 0.361 e. The number of nitrogens with zero attached hydrogens (tertiary/aromatic N) is 2. The van der Waals surface area contributed by atoms with Crippen molar-refractivity contribution in [3.05, 3.63) is 0 Å². The predicted octanol–water partition coefficient (Wildman–Crippen LogP) is 1.57.